The van der Waals surface area contributed by atoms with E-state index in [0.29, 0.717) is 4.90 Å². The molecule has 1 saturated heterocycles. The molecule has 2 amide bonds. The zero-order valence-corrected chi connectivity index (χ0v) is 18.8. The lowest BCUT2D eigenvalue weighted by molar-refractivity contribution is -0.149. The minimum atomic E-state index is -3.30. The van der Waals surface area contributed by atoms with Crippen LogP contribution in [0.2, 0.25) is 0 Å². The number of aliphatic carboxylic acids is 1. The van der Waals surface area contributed by atoms with E-state index in [1.54, 1.807) is 13.8 Å². The van der Waals surface area contributed by atoms with Gasteiger partial charge in [-0.15, -0.1) is 0 Å². The van der Waals surface area contributed by atoms with Crippen molar-refractivity contribution in [1.82, 2.24) is 10.2 Å². The molecule has 0 saturated carbocycles. The number of alkyl carbamates (subject to hydrolysis) is 1. The fraction of sp³-hybridized carbons (Fsp3) is 0.400. The Balaban J connectivity index is 1.45. The summed E-state index contributed by atoms with van der Waals surface area (Å²) in [7, 11) is 0. The van der Waals surface area contributed by atoms with Crippen molar-refractivity contribution in [2.75, 3.05) is 13.2 Å². The lowest BCUT2D eigenvalue weighted by Crippen LogP contribution is -2.54. The summed E-state index contributed by atoms with van der Waals surface area (Å²) in [5.74, 6) is -6.33. The van der Waals surface area contributed by atoms with Gasteiger partial charge in [0.25, 0.3) is 5.92 Å². The molecule has 0 unspecified atom stereocenters. The number of amides is 2. The van der Waals surface area contributed by atoms with E-state index < -0.39 is 54.9 Å². The zero-order chi connectivity index (χ0) is 24.6. The predicted octanol–water partition coefficient (Wildman–Crippen LogP) is 3.87. The van der Waals surface area contributed by atoms with Gasteiger partial charge in [0.2, 0.25) is 5.91 Å². The molecule has 1 fully saturated rings. The number of ether oxygens (including phenoxy) is 1. The van der Waals surface area contributed by atoms with Crippen molar-refractivity contribution in [3.8, 4) is 11.1 Å². The molecule has 2 aromatic rings. The molecule has 0 spiro atoms. The van der Waals surface area contributed by atoms with Crippen LogP contribution in [0.5, 0.6) is 0 Å². The van der Waals surface area contributed by atoms with Crippen LogP contribution in [0, 0.1) is 5.92 Å². The molecule has 2 atom stereocenters. The summed E-state index contributed by atoms with van der Waals surface area (Å²) in [6.07, 6.45) is -1.82. The summed E-state index contributed by atoms with van der Waals surface area (Å²) in [4.78, 5) is 37.7. The van der Waals surface area contributed by atoms with Gasteiger partial charge < -0.3 is 20.1 Å². The number of carbonyl (C=O) groups is 3. The van der Waals surface area contributed by atoms with Gasteiger partial charge in [0.05, 0.1) is 6.54 Å². The predicted molar refractivity (Wildman–Crippen MR) is 120 cm³/mol. The minimum absolute atomic E-state index is 0.0262. The Morgan fingerprint density at radius 1 is 1.09 bits per heavy atom. The van der Waals surface area contributed by atoms with Crippen molar-refractivity contribution in [3.63, 3.8) is 0 Å². The number of likely N-dealkylation sites (tertiary alicyclic amines) is 1. The Morgan fingerprint density at radius 3 is 2.18 bits per heavy atom. The van der Waals surface area contributed by atoms with Crippen molar-refractivity contribution in [2.24, 2.45) is 5.92 Å². The van der Waals surface area contributed by atoms with Crippen molar-refractivity contribution in [2.45, 2.75) is 44.2 Å². The first-order valence-corrected chi connectivity index (χ1v) is 11.1. The SMILES string of the molecule is CC(C)[C@H](NC(=O)OCC1c2ccccc2-c2ccccc21)C(=O)N1CC(F)(F)C[C@H]1C(=O)O. The molecule has 9 heteroatoms. The number of carboxylic acid groups (broad SMARTS) is 1. The summed E-state index contributed by atoms with van der Waals surface area (Å²) in [5.41, 5.74) is 4.18. The van der Waals surface area contributed by atoms with Gasteiger partial charge in [0.15, 0.2) is 0 Å². The second-order valence-electron chi connectivity index (χ2n) is 9.07. The van der Waals surface area contributed by atoms with Gasteiger partial charge in [-0.05, 0) is 28.2 Å². The van der Waals surface area contributed by atoms with Crippen molar-refractivity contribution < 1.29 is 33.0 Å². The van der Waals surface area contributed by atoms with Gasteiger partial charge in [-0.25, -0.2) is 18.4 Å². The van der Waals surface area contributed by atoms with E-state index >= 15 is 0 Å². The Morgan fingerprint density at radius 2 is 1.65 bits per heavy atom. The molecular formula is C25H26F2N2O5. The summed E-state index contributed by atoms with van der Waals surface area (Å²) >= 11 is 0. The number of fused-ring (bicyclic) bond motifs is 3. The number of hydrogen-bond acceptors (Lipinski definition) is 4. The third kappa shape index (κ3) is 4.47. The number of halogens is 2. The largest absolute Gasteiger partial charge is 0.480 e. The van der Waals surface area contributed by atoms with E-state index in [2.05, 4.69) is 5.32 Å². The van der Waals surface area contributed by atoms with Gasteiger partial charge in [0, 0.05) is 12.3 Å². The van der Waals surface area contributed by atoms with Crippen molar-refractivity contribution in [1.29, 1.82) is 0 Å². The topological polar surface area (TPSA) is 95.9 Å². The monoisotopic (exact) mass is 472 g/mol. The van der Waals surface area contributed by atoms with Gasteiger partial charge in [0.1, 0.15) is 18.7 Å². The van der Waals surface area contributed by atoms with Crippen molar-refractivity contribution >= 4 is 18.0 Å². The number of benzene rings is 2. The number of carbonyl (C=O) groups excluding carboxylic acids is 2. The number of hydrogen-bond donors (Lipinski definition) is 2. The number of nitrogens with one attached hydrogen (secondary N) is 1. The summed E-state index contributed by atoms with van der Waals surface area (Å²) in [6.45, 7) is 2.30. The van der Waals surface area contributed by atoms with Gasteiger partial charge in [-0.2, -0.15) is 0 Å². The van der Waals surface area contributed by atoms with Crippen LogP contribution >= 0.6 is 0 Å². The smallest absolute Gasteiger partial charge is 0.407 e. The van der Waals surface area contributed by atoms with E-state index in [-0.39, 0.29) is 12.5 Å². The third-order valence-corrected chi connectivity index (χ3v) is 6.39. The molecule has 180 valence electrons. The quantitative estimate of drug-likeness (QED) is 0.666. The first-order chi connectivity index (χ1) is 16.1. The van der Waals surface area contributed by atoms with Gasteiger partial charge in [-0.1, -0.05) is 62.4 Å². The second-order valence-corrected chi connectivity index (χ2v) is 9.07. The number of nitrogens with zero attached hydrogens (tertiary/aromatic N) is 1. The standard InChI is InChI=1S/C25H26F2N2O5/c1-14(2)21(22(30)29-13-25(26,27)11-20(29)23(31)32)28-24(33)34-12-19-17-9-5-3-7-15(17)16-8-4-6-10-18(16)19/h3-10,14,19-21H,11-13H2,1-2H3,(H,28,33)(H,31,32)/t20-,21-/m0/s1. The number of carboxylic acids is 1. The van der Waals surface area contributed by atoms with Crippen LogP contribution in [0.1, 0.15) is 37.3 Å². The number of alkyl halides is 2. The molecule has 2 N–H and O–H groups in total. The maximum atomic E-state index is 13.9. The Labute approximate surface area is 195 Å². The summed E-state index contributed by atoms with van der Waals surface area (Å²) in [6, 6.07) is 12.8. The molecule has 0 aromatic heterocycles. The molecular weight excluding hydrogens is 446 g/mol. The van der Waals surface area contributed by atoms with E-state index in [4.69, 9.17) is 4.74 Å². The minimum Gasteiger partial charge on any atom is -0.480 e. The molecule has 2 aliphatic rings. The van der Waals surface area contributed by atoms with Crippen LogP contribution in [0.4, 0.5) is 13.6 Å². The third-order valence-electron chi connectivity index (χ3n) is 6.39. The molecule has 0 bridgehead atoms. The first kappa shape index (κ1) is 23.7. The van der Waals surface area contributed by atoms with Crippen LogP contribution in [0.25, 0.3) is 11.1 Å². The van der Waals surface area contributed by atoms with Crippen LogP contribution in [-0.4, -0.2) is 59.1 Å². The van der Waals surface area contributed by atoms with Gasteiger partial charge >= 0.3 is 12.1 Å². The van der Waals surface area contributed by atoms with Crippen LogP contribution in [0.15, 0.2) is 48.5 Å². The van der Waals surface area contributed by atoms with Gasteiger partial charge in [-0.3, -0.25) is 4.79 Å². The maximum Gasteiger partial charge on any atom is 0.407 e. The zero-order valence-electron chi connectivity index (χ0n) is 18.8. The second kappa shape index (κ2) is 9.04. The average Bonchev–Trinajstić information content (AvgIpc) is 3.30. The fourth-order valence-electron chi connectivity index (χ4n) is 4.73. The molecule has 0 radical (unpaired) electrons. The van der Waals surface area contributed by atoms with E-state index in [1.807, 2.05) is 48.5 Å². The van der Waals surface area contributed by atoms with Crippen LogP contribution in [0.3, 0.4) is 0 Å². The molecule has 1 aliphatic heterocycles. The maximum absolute atomic E-state index is 13.9. The molecule has 34 heavy (non-hydrogen) atoms. The number of rotatable bonds is 6. The molecule has 1 heterocycles. The van der Waals surface area contributed by atoms with Crippen LogP contribution in [-0.2, 0) is 14.3 Å². The highest BCUT2D eigenvalue weighted by Crippen LogP contribution is 2.44. The molecule has 2 aromatic carbocycles. The highest BCUT2D eigenvalue weighted by atomic mass is 19.3. The highest BCUT2D eigenvalue weighted by molar-refractivity contribution is 5.90. The lowest BCUT2D eigenvalue weighted by Gasteiger charge is -2.29. The van der Waals surface area contributed by atoms with E-state index in [9.17, 15) is 28.3 Å². The van der Waals surface area contributed by atoms with Crippen LogP contribution < -0.4 is 5.32 Å². The highest BCUT2D eigenvalue weighted by Gasteiger charge is 2.51. The van der Waals surface area contributed by atoms with E-state index in [1.165, 1.54) is 0 Å². The Kier molecular flexibility index (Phi) is 6.29. The molecule has 4 rings (SSSR count). The normalized spacial score (nSPS) is 19.4. The summed E-state index contributed by atoms with van der Waals surface area (Å²) in [5, 5.41) is 11.8. The van der Waals surface area contributed by atoms with Crippen molar-refractivity contribution in [3.05, 3.63) is 59.7 Å². The van der Waals surface area contributed by atoms with E-state index in [0.717, 1.165) is 22.3 Å². The first-order valence-electron chi connectivity index (χ1n) is 11.1. The fourth-order valence-corrected chi connectivity index (χ4v) is 4.73. The molecule has 1 aliphatic carbocycles. The average molecular weight is 472 g/mol. The Bertz CT molecular complexity index is 1070. The molecule has 7 nitrogen and oxygen atoms in total. The summed E-state index contributed by atoms with van der Waals surface area (Å²) < 4.78 is 33.2. The lowest BCUT2D eigenvalue weighted by atomic mass is 9.98. The Hall–Kier alpha value is -3.49.